The molecule has 4 aromatic rings. The van der Waals surface area contributed by atoms with Crippen LogP contribution in [0.5, 0.6) is 11.6 Å². The van der Waals surface area contributed by atoms with Gasteiger partial charge in [0.15, 0.2) is 17.4 Å². The molecule has 1 saturated carbocycles. The van der Waals surface area contributed by atoms with Crippen molar-refractivity contribution in [3.63, 3.8) is 0 Å². The smallest absolute Gasteiger partial charge is 0.459 e. The zero-order valence-corrected chi connectivity index (χ0v) is 27.8. The Kier molecular flexibility index (Phi) is 9.41. The number of aromatic nitrogens is 4. The van der Waals surface area contributed by atoms with Gasteiger partial charge in [0.05, 0.1) is 19.8 Å². The number of nitrogens with two attached hydrogens (primary N) is 1. The number of nitrogens with zero attached hydrogens (tertiary/aromatic N) is 4. The number of rotatable bonds is 11. The summed E-state index contributed by atoms with van der Waals surface area (Å²) in [4.78, 5) is 26.0. The first kappa shape index (κ1) is 33.1. The number of ether oxygens (including phenoxy) is 3. The minimum absolute atomic E-state index is 0.0262. The van der Waals surface area contributed by atoms with Crippen molar-refractivity contribution in [1.82, 2.24) is 24.6 Å². The Bertz CT molecular complexity index is 1800. The van der Waals surface area contributed by atoms with E-state index in [4.69, 9.17) is 29.0 Å². The number of methoxy groups -OCH3 is 1. The average molecular weight is 669 g/mol. The number of carbonyl (C=O) groups is 1. The van der Waals surface area contributed by atoms with Crippen LogP contribution in [0.4, 0.5) is 5.95 Å². The maximum atomic E-state index is 14.5. The third-order valence-corrected chi connectivity index (χ3v) is 10.2. The van der Waals surface area contributed by atoms with Crippen LogP contribution >= 0.6 is 7.75 Å². The Hall–Kier alpha value is -3.81. The summed E-state index contributed by atoms with van der Waals surface area (Å²) in [5, 5.41) is 15.9. The number of fused-ring (bicyclic) bond motifs is 2. The highest BCUT2D eigenvalue weighted by Crippen LogP contribution is 2.49. The highest BCUT2D eigenvalue weighted by Gasteiger charge is 2.47. The van der Waals surface area contributed by atoms with E-state index in [0.29, 0.717) is 22.7 Å². The minimum atomic E-state index is -4.23. The van der Waals surface area contributed by atoms with E-state index in [2.05, 4.69) is 20.0 Å². The molecule has 0 spiro atoms. The largest absolute Gasteiger partial charge is 0.479 e. The Labute approximate surface area is 272 Å². The summed E-state index contributed by atoms with van der Waals surface area (Å²) in [5.74, 6) is 0.432. The second-order valence-corrected chi connectivity index (χ2v) is 14.1. The molecule has 252 valence electrons. The van der Waals surface area contributed by atoms with Crippen molar-refractivity contribution in [2.45, 2.75) is 89.4 Å². The van der Waals surface area contributed by atoms with E-state index in [1.54, 1.807) is 37.5 Å². The second-order valence-electron chi connectivity index (χ2n) is 12.4. The summed E-state index contributed by atoms with van der Waals surface area (Å²) in [6, 6.07) is 11.9. The summed E-state index contributed by atoms with van der Waals surface area (Å²) in [7, 11) is -2.78. The van der Waals surface area contributed by atoms with E-state index < -0.39 is 37.7 Å². The Balaban J connectivity index is 1.23. The number of benzene rings is 2. The summed E-state index contributed by atoms with van der Waals surface area (Å²) >= 11 is 0. The zero-order valence-electron chi connectivity index (χ0n) is 26.9. The first-order valence-corrected chi connectivity index (χ1v) is 17.3. The number of carbonyl (C=O) groups excluding carboxylic acids is 1. The minimum Gasteiger partial charge on any atom is -0.479 e. The molecule has 14 nitrogen and oxygen atoms in total. The van der Waals surface area contributed by atoms with Crippen molar-refractivity contribution >= 4 is 41.6 Å². The van der Waals surface area contributed by atoms with Crippen LogP contribution in [0.3, 0.4) is 0 Å². The number of hydrogen-bond donors (Lipinski definition) is 3. The predicted octanol–water partition coefficient (Wildman–Crippen LogP) is 4.97. The molecule has 2 aromatic heterocycles. The lowest BCUT2D eigenvalue weighted by Gasteiger charge is -2.27. The standard InChI is InChI=1S/C32H41N6O8P/c1-19(29(39)44-22-13-6-5-7-14-22)37-47(41,46-25-16-10-12-21-11-8-9-15-24(21)25)43-18-23-17-32(3,40)30(45-23)38-20(2)34-26-27(38)35-31(33)36-28(26)42-4/h8-12,15-16,19,22-23,30,40H,5-7,13-14,17-18H2,1-4H3,(H,37,41)(H2,33,35,36). The van der Waals surface area contributed by atoms with E-state index >= 15 is 0 Å². The lowest BCUT2D eigenvalue weighted by atomic mass is 9.98. The van der Waals surface area contributed by atoms with Gasteiger partial charge in [0.2, 0.25) is 11.8 Å². The molecule has 0 bridgehead atoms. The molecule has 1 aliphatic heterocycles. The number of aliphatic hydroxyl groups is 1. The highest BCUT2D eigenvalue weighted by atomic mass is 31.2. The molecule has 15 heteroatoms. The zero-order chi connectivity index (χ0) is 33.3. The van der Waals surface area contributed by atoms with Gasteiger partial charge in [-0.15, -0.1) is 0 Å². The van der Waals surface area contributed by atoms with E-state index in [0.717, 1.165) is 42.9 Å². The molecule has 47 heavy (non-hydrogen) atoms. The van der Waals surface area contributed by atoms with Gasteiger partial charge in [-0.3, -0.25) is 13.9 Å². The summed E-state index contributed by atoms with van der Waals surface area (Å²) < 4.78 is 45.5. The highest BCUT2D eigenvalue weighted by molar-refractivity contribution is 7.52. The molecule has 1 aliphatic carbocycles. The van der Waals surface area contributed by atoms with Gasteiger partial charge in [-0.1, -0.05) is 42.8 Å². The van der Waals surface area contributed by atoms with Crippen LogP contribution in [0.25, 0.3) is 21.9 Å². The number of anilines is 1. The Morgan fingerprint density at radius 2 is 1.91 bits per heavy atom. The molecule has 4 N–H and O–H groups in total. The number of aryl methyl sites for hydroxylation is 1. The first-order chi connectivity index (χ1) is 22.5. The molecule has 0 radical (unpaired) electrons. The quantitative estimate of drug-likeness (QED) is 0.144. The Morgan fingerprint density at radius 1 is 1.17 bits per heavy atom. The van der Waals surface area contributed by atoms with Gasteiger partial charge in [-0.05, 0) is 57.9 Å². The van der Waals surface area contributed by atoms with Crippen molar-refractivity contribution in [1.29, 1.82) is 0 Å². The fourth-order valence-electron chi connectivity index (χ4n) is 6.29. The maximum Gasteiger partial charge on any atom is 0.459 e. The van der Waals surface area contributed by atoms with E-state index in [9.17, 15) is 14.5 Å². The number of esters is 1. The molecule has 2 aliphatic rings. The van der Waals surface area contributed by atoms with Gasteiger partial charge in [0, 0.05) is 11.8 Å². The summed E-state index contributed by atoms with van der Waals surface area (Å²) in [6.45, 7) is 4.69. The molecule has 5 atom stereocenters. The van der Waals surface area contributed by atoms with Gasteiger partial charge in [-0.2, -0.15) is 15.1 Å². The van der Waals surface area contributed by atoms with Crippen LogP contribution in [0.15, 0.2) is 42.5 Å². The maximum absolute atomic E-state index is 14.5. The molecule has 2 aromatic carbocycles. The molecular formula is C32H41N6O8P. The number of hydrogen-bond acceptors (Lipinski definition) is 12. The molecule has 6 rings (SSSR count). The fraction of sp³-hybridized carbons (Fsp3) is 0.500. The van der Waals surface area contributed by atoms with Crippen LogP contribution in [0, 0.1) is 6.92 Å². The van der Waals surface area contributed by atoms with Gasteiger partial charge in [0.1, 0.15) is 29.3 Å². The van der Waals surface area contributed by atoms with E-state index in [1.165, 1.54) is 7.11 Å². The van der Waals surface area contributed by atoms with Crippen LogP contribution in [-0.2, 0) is 23.4 Å². The topological polar surface area (TPSA) is 182 Å². The van der Waals surface area contributed by atoms with Gasteiger partial charge < -0.3 is 29.6 Å². The third kappa shape index (κ3) is 7.07. The molecule has 2 fully saturated rings. The lowest BCUT2D eigenvalue weighted by Crippen LogP contribution is -2.38. The Morgan fingerprint density at radius 3 is 2.68 bits per heavy atom. The molecule has 1 saturated heterocycles. The van der Waals surface area contributed by atoms with E-state index in [-0.39, 0.29) is 31.0 Å². The number of imidazole rings is 1. The SMILES string of the molecule is COc1nc(N)nc2c1nc(C)n2C1OC(COP(=O)(NC(C)C(=O)OC2CCCCC2)Oc2cccc3ccccc23)CC1(C)O. The van der Waals surface area contributed by atoms with Crippen LogP contribution in [0.1, 0.15) is 64.4 Å². The van der Waals surface area contributed by atoms with Gasteiger partial charge >= 0.3 is 13.7 Å². The van der Waals surface area contributed by atoms with Crippen LogP contribution in [-0.4, -0.2) is 68.2 Å². The van der Waals surface area contributed by atoms with Crippen molar-refractivity contribution < 1.29 is 37.7 Å². The molecular weight excluding hydrogens is 627 g/mol. The first-order valence-electron chi connectivity index (χ1n) is 15.8. The molecule has 3 heterocycles. The lowest BCUT2D eigenvalue weighted by molar-refractivity contribution is -0.152. The fourth-order valence-corrected chi connectivity index (χ4v) is 7.83. The van der Waals surface area contributed by atoms with E-state index in [1.807, 2.05) is 30.3 Å². The van der Waals surface area contributed by atoms with Crippen molar-refractivity contribution in [3.05, 3.63) is 48.3 Å². The second kappa shape index (κ2) is 13.4. The monoisotopic (exact) mass is 668 g/mol. The average Bonchev–Trinajstić information content (AvgIpc) is 3.53. The van der Waals surface area contributed by atoms with Gasteiger partial charge in [-0.25, -0.2) is 9.55 Å². The summed E-state index contributed by atoms with van der Waals surface area (Å²) in [6.07, 6.45) is 2.98. The normalized spacial score (nSPS) is 23.9. The summed E-state index contributed by atoms with van der Waals surface area (Å²) in [5.41, 5.74) is 5.21. The molecule has 0 amide bonds. The number of nitrogens with one attached hydrogen (secondary N) is 1. The van der Waals surface area contributed by atoms with Crippen LogP contribution < -0.4 is 20.1 Å². The predicted molar refractivity (Wildman–Crippen MR) is 174 cm³/mol. The van der Waals surface area contributed by atoms with Gasteiger partial charge in [0.25, 0.3) is 0 Å². The van der Waals surface area contributed by atoms with Crippen LogP contribution in [0.2, 0.25) is 0 Å². The third-order valence-electron chi connectivity index (χ3n) is 8.56. The van der Waals surface area contributed by atoms with Crippen molar-refractivity contribution in [2.24, 2.45) is 0 Å². The molecule has 5 unspecified atom stereocenters. The van der Waals surface area contributed by atoms with Crippen molar-refractivity contribution in [2.75, 3.05) is 19.5 Å². The number of nitrogen functional groups attached to an aromatic ring is 1. The van der Waals surface area contributed by atoms with Crippen molar-refractivity contribution in [3.8, 4) is 11.6 Å².